The van der Waals surface area contributed by atoms with Crippen LogP contribution in [-0.2, 0) is 14.8 Å². The van der Waals surface area contributed by atoms with Crippen molar-refractivity contribution < 1.29 is 18.0 Å². The van der Waals surface area contributed by atoms with Crippen molar-refractivity contribution >= 4 is 33.2 Å². The number of sulfonamides is 1. The van der Waals surface area contributed by atoms with Crippen LogP contribution in [0.1, 0.15) is 44.0 Å². The number of piperidine rings is 1. The molecule has 29 heavy (non-hydrogen) atoms. The second kappa shape index (κ2) is 10.1. The summed E-state index contributed by atoms with van der Waals surface area (Å²) in [5, 5.41) is 5.46. The summed E-state index contributed by atoms with van der Waals surface area (Å²) in [4.78, 5) is 26.4. The van der Waals surface area contributed by atoms with Gasteiger partial charge in [0.05, 0.1) is 17.5 Å². The van der Waals surface area contributed by atoms with Crippen molar-refractivity contribution in [2.75, 3.05) is 42.5 Å². The summed E-state index contributed by atoms with van der Waals surface area (Å²) in [6, 6.07) is 4.49. The molecule has 0 aromatic heterocycles. The molecular formula is C20H32N4O4S. The Morgan fingerprint density at radius 2 is 1.83 bits per heavy atom. The largest absolute Gasteiger partial charge is 0.352 e. The lowest BCUT2D eigenvalue weighted by Crippen LogP contribution is -2.40. The van der Waals surface area contributed by atoms with E-state index in [1.807, 2.05) is 0 Å². The molecule has 1 saturated heterocycles. The maximum Gasteiger partial charge on any atom is 0.253 e. The highest BCUT2D eigenvalue weighted by molar-refractivity contribution is 7.92. The Morgan fingerprint density at radius 1 is 1.17 bits per heavy atom. The molecule has 0 spiro atoms. The van der Waals surface area contributed by atoms with E-state index >= 15 is 0 Å². The third-order valence-electron chi connectivity index (χ3n) is 4.76. The predicted octanol–water partition coefficient (Wildman–Crippen LogP) is 2.11. The van der Waals surface area contributed by atoms with E-state index in [0.717, 1.165) is 32.3 Å². The second-order valence-corrected chi connectivity index (χ2v) is 9.88. The van der Waals surface area contributed by atoms with Crippen molar-refractivity contribution in [3.8, 4) is 0 Å². The van der Waals surface area contributed by atoms with Crippen LogP contribution in [0.3, 0.4) is 0 Å². The molecule has 162 valence electrons. The Balaban J connectivity index is 1.99. The van der Waals surface area contributed by atoms with Crippen LogP contribution in [0.25, 0.3) is 0 Å². The molecule has 2 rings (SSSR count). The smallest absolute Gasteiger partial charge is 0.253 e. The Labute approximate surface area is 173 Å². The standard InChI is InChI=1S/C20H32N4O4S/c1-14-10-15(2)13-24(12-14)9-5-8-21-20(26)18-11-17(22-16(3)25)6-7-19(18)23-29(4,27)28/h6-7,11,14-15,23H,5,8-10,12-13H2,1-4H3,(H,21,26)(H,22,25). The predicted molar refractivity (Wildman–Crippen MR) is 116 cm³/mol. The molecule has 1 aromatic rings. The van der Waals surface area contributed by atoms with Gasteiger partial charge in [-0.25, -0.2) is 8.42 Å². The van der Waals surface area contributed by atoms with E-state index in [0.29, 0.717) is 24.1 Å². The third-order valence-corrected chi connectivity index (χ3v) is 5.35. The molecule has 0 saturated carbocycles. The summed E-state index contributed by atoms with van der Waals surface area (Å²) in [7, 11) is -3.54. The molecule has 0 bridgehead atoms. The fourth-order valence-corrected chi connectivity index (χ4v) is 4.45. The molecule has 1 fully saturated rings. The molecule has 9 heteroatoms. The molecule has 2 amide bonds. The zero-order valence-corrected chi connectivity index (χ0v) is 18.4. The molecule has 2 atom stereocenters. The van der Waals surface area contributed by atoms with Crippen LogP contribution in [-0.4, -0.2) is 57.6 Å². The lowest BCUT2D eigenvalue weighted by Gasteiger charge is -2.34. The Bertz CT molecular complexity index is 831. The van der Waals surface area contributed by atoms with Crippen molar-refractivity contribution in [3.05, 3.63) is 23.8 Å². The third kappa shape index (κ3) is 8.02. The molecule has 1 aliphatic heterocycles. The normalized spacial score (nSPS) is 20.1. The molecule has 3 N–H and O–H groups in total. The highest BCUT2D eigenvalue weighted by Gasteiger charge is 2.21. The zero-order valence-electron chi connectivity index (χ0n) is 17.6. The summed E-state index contributed by atoms with van der Waals surface area (Å²) in [5.41, 5.74) is 0.776. The number of carbonyl (C=O) groups is 2. The van der Waals surface area contributed by atoms with Gasteiger partial charge in [0.1, 0.15) is 0 Å². The fourth-order valence-electron chi connectivity index (χ4n) is 3.88. The lowest BCUT2D eigenvalue weighted by molar-refractivity contribution is -0.114. The van der Waals surface area contributed by atoms with Gasteiger partial charge in [-0.15, -0.1) is 0 Å². The number of rotatable bonds is 8. The van der Waals surface area contributed by atoms with E-state index in [4.69, 9.17) is 0 Å². The molecule has 0 aliphatic carbocycles. The number of nitrogens with zero attached hydrogens (tertiary/aromatic N) is 1. The fraction of sp³-hybridized carbons (Fsp3) is 0.600. The summed E-state index contributed by atoms with van der Waals surface area (Å²) >= 11 is 0. The minimum atomic E-state index is -3.54. The topological polar surface area (TPSA) is 108 Å². The number of benzene rings is 1. The average molecular weight is 425 g/mol. The van der Waals surface area contributed by atoms with Crippen molar-refractivity contribution in [3.63, 3.8) is 0 Å². The van der Waals surface area contributed by atoms with Gasteiger partial charge in [0.15, 0.2) is 0 Å². The molecule has 2 unspecified atom stereocenters. The van der Waals surface area contributed by atoms with Gasteiger partial charge in [0.2, 0.25) is 15.9 Å². The maximum absolute atomic E-state index is 12.7. The SMILES string of the molecule is CC(=O)Nc1ccc(NS(C)(=O)=O)c(C(=O)NCCCN2CC(C)CC(C)C2)c1. The first-order chi connectivity index (χ1) is 13.5. The molecule has 1 aliphatic rings. The van der Waals surface area contributed by atoms with Gasteiger partial charge in [-0.3, -0.25) is 14.3 Å². The van der Waals surface area contributed by atoms with E-state index in [2.05, 4.69) is 34.1 Å². The van der Waals surface area contributed by atoms with Crippen LogP contribution in [0.15, 0.2) is 18.2 Å². The Hall–Kier alpha value is -2.13. The summed E-state index contributed by atoms with van der Waals surface area (Å²) in [6.45, 7) is 9.46. The Morgan fingerprint density at radius 3 is 2.41 bits per heavy atom. The summed E-state index contributed by atoms with van der Waals surface area (Å²) in [6.07, 6.45) is 3.09. The summed E-state index contributed by atoms with van der Waals surface area (Å²) < 4.78 is 25.6. The molecule has 8 nitrogen and oxygen atoms in total. The van der Waals surface area contributed by atoms with Gasteiger partial charge in [-0.2, -0.15) is 0 Å². The number of hydrogen-bond acceptors (Lipinski definition) is 5. The monoisotopic (exact) mass is 424 g/mol. The highest BCUT2D eigenvalue weighted by atomic mass is 32.2. The first-order valence-corrected chi connectivity index (χ1v) is 11.8. The highest BCUT2D eigenvalue weighted by Crippen LogP contribution is 2.22. The van der Waals surface area contributed by atoms with Crippen molar-refractivity contribution in [1.82, 2.24) is 10.2 Å². The lowest BCUT2D eigenvalue weighted by atomic mass is 9.92. The number of amides is 2. The minimum absolute atomic E-state index is 0.168. The number of carbonyl (C=O) groups excluding carboxylic acids is 2. The van der Waals surface area contributed by atoms with Gasteiger partial charge in [0, 0.05) is 32.2 Å². The minimum Gasteiger partial charge on any atom is -0.352 e. The van der Waals surface area contributed by atoms with Gasteiger partial charge in [-0.05, 0) is 49.4 Å². The van der Waals surface area contributed by atoms with Crippen LogP contribution in [0.4, 0.5) is 11.4 Å². The number of nitrogens with one attached hydrogen (secondary N) is 3. The van der Waals surface area contributed by atoms with Crippen LogP contribution < -0.4 is 15.4 Å². The van der Waals surface area contributed by atoms with Crippen molar-refractivity contribution in [2.24, 2.45) is 11.8 Å². The van der Waals surface area contributed by atoms with E-state index < -0.39 is 10.0 Å². The maximum atomic E-state index is 12.7. The number of anilines is 2. The van der Waals surface area contributed by atoms with Crippen LogP contribution in [0.2, 0.25) is 0 Å². The second-order valence-electron chi connectivity index (χ2n) is 8.13. The van der Waals surface area contributed by atoms with Gasteiger partial charge >= 0.3 is 0 Å². The van der Waals surface area contributed by atoms with E-state index in [-0.39, 0.29) is 23.1 Å². The number of hydrogen-bond donors (Lipinski definition) is 3. The van der Waals surface area contributed by atoms with Gasteiger partial charge in [-0.1, -0.05) is 13.8 Å². The number of likely N-dealkylation sites (tertiary alicyclic amines) is 1. The van der Waals surface area contributed by atoms with E-state index in [1.54, 1.807) is 6.07 Å². The average Bonchev–Trinajstić information content (AvgIpc) is 2.57. The van der Waals surface area contributed by atoms with Gasteiger partial charge < -0.3 is 15.5 Å². The van der Waals surface area contributed by atoms with Crippen molar-refractivity contribution in [1.29, 1.82) is 0 Å². The van der Waals surface area contributed by atoms with E-state index in [9.17, 15) is 18.0 Å². The first kappa shape index (κ1) is 23.2. The molecule has 0 radical (unpaired) electrons. The Kier molecular flexibility index (Phi) is 8.04. The van der Waals surface area contributed by atoms with Crippen molar-refractivity contribution in [2.45, 2.75) is 33.6 Å². The van der Waals surface area contributed by atoms with Crippen LogP contribution in [0.5, 0.6) is 0 Å². The van der Waals surface area contributed by atoms with Crippen LogP contribution in [0, 0.1) is 11.8 Å². The van der Waals surface area contributed by atoms with E-state index in [1.165, 1.54) is 25.5 Å². The van der Waals surface area contributed by atoms with Crippen LogP contribution >= 0.6 is 0 Å². The molecule has 1 aromatic carbocycles. The quantitative estimate of drug-likeness (QED) is 0.554. The molecular weight excluding hydrogens is 392 g/mol. The first-order valence-electron chi connectivity index (χ1n) is 9.93. The summed E-state index contributed by atoms with van der Waals surface area (Å²) in [5.74, 6) is 0.720. The zero-order chi connectivity index (χ0) is 21.6. The van der Waals surface area contributed by atoms with Gasteiger partial charge in [0.25, 0.3) is 5.91 Å². The molecule has 1 heterocycles.